The second-order valence-electron chi connectivity index (χ2n) is 4.66. The molecule has 3 N–H and O–H groups in total. The first-order chi connectivity index (χ1) is 11.1. The van der Waals surface area contributed by atoms with Gasteiger partial charge in [0.25, 0.3) is 5.09 Å². The van der Waals surface area contributed by atoms with Crippen LogP contribution in [0.25, 0.3) is 10.9 Å². The normalized spacial score (nSPS) is 9.83. The standard InChI is InChI=1S/C15H20N2O2.HNO3/c1-19-14-7-5-6-12-13(8-10-17-15(12)14)16-9-3-2-4-11-18;2-1(3)4/h5-8,10,18H,2-4,9,11H2,1H3,(H,16,17);(H,2,3,4). The number of fused-ring (bicyclic) bond motifs is 1. The van der Waals surface area contributed by atoms with Gasteiger partial charge in [-0.05, 0) is 31.4 Å². The van der Waals surface area contributed by atoms with Crippen LogP contribution < -0.4 is 10.1 Å². The third-order valence-electron chi connectivity index (χ3n) is 3.10. The highest BCUT2D eigenvalue weighted by atomic mass is 16.9. The van der Waals surface area contributed by atoms with Gasteiger partial charge >= 0.3 is 0 Å². The number of aliphatic hydroxyl groups excluding tert-OH is 1. The summed E-state index contributed by atoms with van der Waals surface area (Å²) in [5.41, 5.74) is 1.96. The molecule has 0 radical (unpaired) electrons. The zero-order valence-electron chi connectivity index (χ0n) is 12.9. The number of pyridine rings is 1. The fourth-order valence-corrected chi connectivity index (χ4v) is 2.10. The lowest BCUT2D eigenvalue weighted by Gasteiger charge is -2.11. The van der Waals surface area contributed by atoms with Gasteiger partial charge < -0.3 is 20.4 Å². The number of anilines is 1. The molecule has 1 aromatic heterocycles. The molecule has 0 aliphatic heterocycles. The summed E-state index contributed by atoms with van der Waals surface area (Å²) >= 11 is 0. The second kappa shape index (κ2) is 10.2. The highest BCUT2D eigenvalue weighted by Gasteiger charge is 2.05. The van der Waals surface area contributed by atoms with Crippen molar-refractivity contribution in [3.8, 4) is 5.75 Å². The maximum absolute atomic E-state index is 8.74. The lowest BCUT2D eigenvalue weighted by atomic mass is 10.1. The molecule has 8 nitrogen and oxygen atoms in total. The third-order valence-corrected chi connectivity index (χ3v) is 3.10. The zero-order chi connectivity index (χ0) is 17.1. The molecule has 126 valence electrons. The number of aromatic nitrogens is 1. The predicted octanol–water partition coefficient (Wildman–Crippen LogP) is 2.47. The fraction of sp³-hybridized carbons (Fsp3) is 0.400. The van der Waals surface area contributed by atoms with Crippen LogP contribution in [0.1, 0.15) is 19.3 Å². The van der Waals surface area contributed by atoms with Gasteiger partial charge in [0.2, 0.25) is 0 Å². The number of methoxy groups -OCH3 is 1. The fourth-order valence-electron chi connectivity index (χ4n) is 2.10. The van der Waals surface area contributed by atoms with E-state index in [0.717, 1.165) is 48.1 Å². The van der Waals surface area contributed by atoms with Gasteiger partial charge in [0.05, 0.1) is 7.11 Å². The molecule has 1 heterocycles. The zero-order valence-corrected chi connectivity index (χ0v) is 12.9. The number of nitrogens with zero attached hydrogens (tertiary/aromatic N) is 2. The van der Waals surface area contributed by atoms with E-state index in [-0.39, 0.29) is 6.61 Å². The number of aliphatic hydroxyl groups is 1. The number of hydrogen-bond donors (Lipinski definition) is 3. The summed E-state index contributed by atoms with van der Waals surface area (Å²) in [6, 6.07) is 7.91. The molecule has 2 aromatic rings. The molecule has 0 saturated carbocycles. The van der Waals surface area contributed by atoms with Crippen LogP contribution in [-0.2, 0) is 0 Å². The monoisotopic (exact) mass is 323 g/mol. The molecule has 8 heteroatoms. The van der Waals surface area contributed by atoms with Crippen molar-refractivity contribution >= 4 is 16.6 Å². The predicted molar refractivity (Wildman–Crippen MR) is 86.5 cm³/mol. The third kappa shape index (κ3) is 6.35. The Labute approximate surface area is 133 Å². The minimum atomic E-state index is -1.50. The van der Waals surface area contributed by atoms with Crippen LogP contribution in [0.2, 0.25) is 0 Å². The lowest BCUT2D eigenvalue weighted by molar-refractivity contribution is -0.742. The quantitative estimate of drug-likeness (QED) is 0.407. The van der Waals surface area contributed by atoms with Gasteiger partial charge in [0.1, 0.15) is 11.3 Å². The summed E-state index contributed by atoms with van der Waals surface area (Å²) < 4.78 is 5.32. The number of nitrogens with one attached hydrogen (secondary N) is 1. The van der Waals surface area contributed by atoms with Crippen molar-refractivity contribution in [2.45, 2.75) is 19.3 Å². The maximum Gasteiger partial charge on any atom is 0.291 e. The van der Waals surface area contributed by atoms with Gasteiger partial charge in [-0.3, -0.25) is 4.98 Å². The van der Waals surface area contributed by atoms with E-state index in [1.54, 1.807) is 13.3 Å². The van der Waals surface area contributed by atoms with Crippen LogP contribution in [0.4, 0.5) is 5.69 Å². The summed E-state index contributed by atoms with van der Waals surface area (Å²) in [5, 5.41) is 26.9. The molecule has 23 heavy (non-hydrogen) atoms. The van der Waals surface area contributed by atoms with Crippen molar-refractivity contribution in [3.05, 3.63) is 40.6 Å². The molecular formula is C15H21N3O5. The van der Waals surface area contributed by atoms with E-state index in [4.69, 9.17) is 25.2 Å². The molecule has 0 aliphatic rings. The van der Waals surface area contributed by atoms with E-state index in [1.165, 1.54) is 0 Å². The molecule has 0 bridgehead atoms. The molecule has 0 spiro atoms. The minimum absolute atomic E-state index is 0.273. The molecule has 0 fully saturated rings. The Balaban J connectivity index is 0.000000593. The van der Waals surface area contributed by atoms with Gasteiger partial charge in [-0.25, -0.2) is 0 Å². The van der Waals surface area contributed by atoms with Crippen LogP contribution >= 0.6 is 0 Å². The molecule has 0 atom stereocenters. The molecule has 1 aromatic carbocycles. The molecule has 2 rings (SSSR count). The number of para-hydroxylation sites is 1. The summed E-state index contributed by atoms with van der Waals surface area (Å²) in [6.45, 7) is 1.17. The van der Waals surface area contributed by atoms with Crippen molar-refractivity contribution in [1.29, 1.82) is 0 Å². The molecule has 0 saturated heterocycles. The average molecular weight is 323 g/mol. The number of hydrogen-bond acceptors (Lipinski definition) is 6. The van der Waals surface area contributed by atoms with Gasteiger partial charge in [-0.15, -0.1) is 10.1 Å². The van der Waals surface area contributed by atoms with Crippen LogP contribution in [0.3, 0.4) is 0 Å². The highest BCUT2D eigenvalue weighted by Crippen LogP contribution is 2.28. The van der Waals surface area contributed by atoms with Crippen LogP contribution in [0.5, 0.6) is 5.75 Å². The number of benzene rings is 1. The Morgan fingerprint density at radius 3 is 2.70 bits per heavy atom. The summed E-state index contributed by atoms with van der Waals surface area (Å²) in [7, 11) is 1.66. The molecular weight excluding hydrogens is 302 g/mol. The first kappa shape index (κ1) is 18.4. The topological polar surface area (TPSA) is 118 Å². The molecule has 0 unspecified atom stereocenters. The average Bonchev–Trinajstić information content (AvgIpc) is 2.53. The van der Waals surface area contributed by atoms with E-state index >= 15 is 0 Å². The van der Waals surface area contributed by atoms with Crippen LogP contribution in [0, 0.1) is 10.1 Å². The Hall–Kier alpha value is -2.61. The van der Waals surface area contributed by atoms with Gasteiger partial charge in [-0.2, -0.15) is 0 Å². The van der Waals surface area contributed by atoms with Crippen LogP contribution in [-0.4, -0.2) is 40.6 Å². The SMILES string of the molecule is COc1cccc2c(NCCCCCO)ccnc12.O=[N+]([O-])O. The lowest BCUT2D eigenvalue weighted by Crippen LogP contribution is -2.03. The van der Waals surface area contributed by atoms with Crippen molar-refractivity contribution in [2.24, 2.45) is 0 Å². The van der Waals surface area contributed by atoms with Gasteiger partial charge in [0, 0.05) is 30.4 Å². The summed E-state index contributed by atoms with van der Waals surface area (Å²) in [5.74, 6) is 0.793. The van der Waals surface area contributed by atoms with E-state index < -0.39 is 5.09 Å². The Morgan fingerprint density at radius 1 is 1.30 bits per heavy atom. The number of unbranched alkanes of at least 4 members (excludes halogenated alkanes) is 2. The van der Waals surface area contributed by atoms with Crippen molar-refractivity contribution in [3.63, 3.8) is 0 Å². The summed E-state index contributed by atoms with van der Waals surface area (Å²) in [4.78, 5) is 12.7. The highest BCUT2D eigenvalue weighted by molar-refractivity contribution is 5.94. The van der Waals surface area contributed by atoms with Gasteiger partial charge in [0.15, 0.2) is 0 Å². The largest absolute Gasteiger partial charge is 0.494 e. The summed E-state index contributed by atoms with van der Waals surface area (Å²) in [6.07, 6.45) is 4.75. The minimum Gasteiger partial charge on any atom is -0.494 e. The van der Waals surface area contributed by atoms with Gasteiger partial charge in [-0.1, -0.05) is 12.1 Å². The number of rotatable bonds is 7. The Kier molecular flexibility index (Phi) is 8.16. The smallest absolute Gasteiger partial charge is 0.291 e. The first-order valence-electron chi connectivity index (χ1n) is 7.20. The Bertz CT molecular complexity index is 617. The van der Waals surface area contributed by atoms with E-state index in [9.17, 15) is 0 Å². The Morgan fingerprint density at radius 2 is 2.04 bits per heavy atom. The first-order valence-corrected chi connectivity index (χ1v) is 7.20. The molecule has 0 amide bonds. The van der Waals surface area contributed by atoms with Crippen LogP contribution in [0.15, 0.2) is 30.5 Å². The maximum atomic E-state index is 8.74. The number of ether oxygens (including phenoxy) is 1. The van der Waals surface area contributed by atoms with E-state index in [2.05, 4.69) is 10.3 Å². The van der Waals surface area contributed by atoms with E-state index in [0.29, 0.717) is 0 Å². The van der Waals surface area contributed by atoms with E-state index in [1.807, 2.05) is 24.3 Å². The van der Waals surface area contributed by atoms with Crippen molar-refractivity contribution in [2.75, 3.05) is 25.6 Å². The van der Waals surface area contributed by atoms with Crippen molar-refractivity contribution < 1.29 is 20.1 Å². The molecule has 0 aliphatic carbocycles. The second-order valence-corrected chi connectivity index (χ2v) is 4.66. The van der Waals surface area contributed by atoms with Crippen molar-refractivity contribution in [1.82, 2.24) is 4.98 Å².